The van der Waals surface area contributed by atoms with E-state index in [1.54, 1.807) is 6.08 Å². The summed E-state index contributed by atoms with van der Waals surface area (Å²) in [7, 11) is 0. The number of carbonyl (C=O) groups is 3. The summed E-state index contributed by atoms with van der Waals surface area (Å²) in [6.45, 7) is 11.5. The molecule has 2 bridgehead atoms. The van der Waals surface area contributed by atoms with Crippen LogP contribution in [0.25, 0.3) is 0 Å². The van der Waals surface area contributed by atoms with E-state index in [1.807, 2.05) is 39.8 Å². The van der Waals surface area contributed by atoms with Gasteiger partial charge in [0.2, 0.25) is 17.7 Å². The number of fused-ring (bicyclic) bond motifs is 1. The van der Waals surface area contributed by atoms with Crippen LogP contribution >= 0.6 is 0 Å². The van der Waals surface area contributed by atoms with Gasteiger partial charge in [0.1, 0.15) is 11.6 Å². The van der Waals surface area contributed by atoms with Gasteiger partial charge in [0.05, 0.1) is 17.4 Å². The fourth-order valence-electron chi connectivity index (χ4n) is 5.94. The Kier molecular flexibility index (Phi) is 5.31. The maximum atomic E-state index is 13.6. The molecule has 1 saturated carbocycles. The molecule has 2 saturated heterocycles. The number of carbonyl (C=O) groups excluding carboxylic acids is 3. The summed E-state index contributed by atoms with van der Waals surface area (Å²) in [5, 5.41) is 6.19. The van der Waals surface area contributed by atoms with Crippen molar-refractivity contribution in [3.63, 3.8) is 0 Å². The first-order valence-corrected chi connectivity index (χ1v) is 11.5. The number of nitrogens with one attached hydrogen (secondary N) is 2. The quantitative estimate of drug-likeness (QED) is 0.655. The van der Waals surface area contributed by atoms with Crippen LogP contribution in [-0.4, -0.2) is 58.0 Å². The fourth-order valence-corrected chi connectivity index (χ4v) is 5.94. The molecular formula is C24H35N3O4. The van der Waals surface area contributed by atoms with E-state index in [1.165, 1.54) is 11.3 Å². The summed E-state index contributed by atoms with van der Waals surface area (Å²) in [6, 6.07) is -0.697. The Morgan fingerprint density at radius 3 is 2.52 bits per heavy atom. The number of hydrogen-bond donors (Lipinski definition) is 2. The summed E-state index contributed by atoms with van der Waals surface area (Å²) < 4.78 is 6.46. The van der Waals surface area contributed by atoms with Gasteiger partial charge in [-0.15, -0.1) is 6.58 Å². The van der Waals surface area contributed by atoms with Crippen molar-refractivity contribution in [1.29, 1.82) is 0 Å². The minimum atomic E-state index is -1.14. The maximum absolute atomic E-state index is 13.6. The van der Waals surface area contributed by atoms with Gasteiger partial charge in [0.15, 0.2) is 0 Å². The van der Waals surface area contributed by atoms with Gasteiger partial charge in [0.25, 0.3) is 0 Å². The van der Waals surface area contributed by atoms with Crippen molar-refractivity contribution in [1.82, 2.24) is 15.5 Å². The molecule has 1 aliphatic carbocycles. The highest BCUT2D eigenvalue weighted by Gasteiger charge is 2.76. The van der Waals surface area contributed by atoms with Crippen LogP contribution in [0.2, 0.25) is 0 Å². The zero-order valence-electron chi connectivity index (χ0n) is 19.1. The second-order valence-electron chi connectivity index (χ2n) is 10.7. The molecule has 2 N–H and O–H groups in total. The Labute approximate surface area is 184 Å². The lowest BCUT2D eigenvalue weighted by molar-refractivity contribution is -0.145. The lowest BCUT2D eigenvalue weighted by atomic mass is 9.70. The van der Waals surface area contributed by atoms with Gasteiger partial charge in [0, 0.05) is 18.1 Å². The van der Waals surface area contributed by atoms with Gasteiger partial charge >= 0.3 is 0 Å². The van der Waals surface area contributed by atoms with E-state index in [2.05, 4.69) is 17.2 Å². The Balaban J connectivity index is 1.68. The molecule has 4 rings (SSSR count). The second-order valence-corrected chi connectivity index (χ2v) is 10.7. The van der Waals surface area contributed by atoms with Gasteiger partial charge in [-0.25, -0.2) is 0 Å². The van der Waals surface area contributed by atoms with Crippen molar-refractivity contribution < 1.29 is 19.1 Å². The highest BCUT2D eigenvalue weighted by Crippen LogP contribution is 2.59. The standard InChI is InChI=1S/C24H35N3O4/c1-6-14-27-18(20(29)26-22(2,3)4)24-13-12-23(5,31-24)16(17(24)21(27)30)19(28)25-15-10-8-7-9-11-15/h6,12-13,15-18H,1,7-11,14H2,2-5H3,(H,25,28)(H,26,29)/t16-,17+,18-,23+,24+/m1/s1. The monoisotopic (exact) mass is 429 g/mol. The maximum Gasteiger partial charge on any atom is 0.246 e. The van der Waals surface area contributed by atoms with Gasteiger partial charge < -0.3 is 20.3 Å². The van der Waals surface area contributed by atoms with Gasteiger partial charge in [-0.05, 0) is 40.5 Å². The predicted molar refractivity (Wildman–Crippen MR) is 117 cm³/mol. The first kappa shape index (κ1) is 22.1. The topological polar surface area (TPSA) is 87.7 Å². The van der Waals surface area contributed by atoms with Crippen LogP contribution < -0.4 is 10.6 Å². The summed E-state index contributed by atoms with van der Waals surface area (Å²) in [5.74, 6) is -2.01. The largest absolute Gasteiger partial charge is 0.356 e. The van der Waals surface area contributed by atoms with Gasteiger partial charge in [-0.1, -0.05) is 37.5 Å². The molecule has 1 spiro atoms. The normalized spacial score (nSPS) is 37.1. The predicted octanol–water partition coefficient (Wildman–Crippen LogP) is 2.08. The van der Waals surface area contributed by atoms with Crippen LogP contribution in [0.3, 0.4) is 0 Å². The Bertz CT molecular complexity index is 825. The minimum absolute atomic E-state index is 0.143. The van der Waals surface area contributed by atoms with Crippen molar-refractivity contribution in [2.24, 2.45) is 11.8 Å². The number of likely N-dealkylation sites (tertiary alicyclic amines) is 1. The van der Waals surface area contributed by atoms with Crippen molar-refractivity contribution in [2.45, 2.75) is 88.6 Å². The molecule has 0 aromatic rings. The van der Waals surface area contributed by atoms with E-state index in [0.29, 0.717) is 0 Å². The highest BCUT2D eigenvalue weighted by molar-refractivity contribution is 6.00. The SMILES string of the molecule is C=CCN1C(=O)[C@@H]2[C@H](C(=O)NC3CCCCC3)[C@]3(C)C=C[C@@]2(O3)[C@H]1C(=O)NC(C)(C)C. The van der Waals surface area contributed by atoms with Crippen LogP contribution in [0.4, 0.5) is 0 Å². The zero-order chi connectivity index (χ0) is 22.6. The number of hydrogen-bond acceptors (Lipinski definition) is 4. The van der Waals surface area contributed by atoms with Crippen LogP contribution in [0, 0.1) is 11.8 Å². The molecule has 31 heavy (non-hydrogen) atoms. The zero-order valence-corrected chi connectivity index (χ0v) is 19.1. The van der Waals surface area contributed by atoms with E-state index < -0.39 is 34.6 Å². The van der Waals surface area contributed by atoms with Crippen LogP contribution in [0.15, 0.2) is 24.8 Å². The Hall–Kier alpha value is -2.15. The molecule has 3 amide bonds. The molecule has 170 valence electrons. The number of nitrogens with zero attached hydrogens (tertiary/aromatic N) is 1. The van der Waals surface area contributed by atoms with E-state index in [-0.39, 0.29) is 30.3 Å². The van der Waals surface area contributed by atoms with E-state index in [0.717, 1.165) is 25.7 Å². The lowest BCUT2D eigenvalue weighted by Crippen LogP contribution is -2.58. The number of rotatable bonds is 5. The Morgan fingerprint density at radius 1 is 1.23 bits per heavy atom. The molecule has 3 aliphatic heterocycles. The molecule has 0 aromatic carbocycles. The molecule has 0 unspecified atom stereocenters. The molecule has 3 fully saturated rings. The average molecular weight is 430 g/mol. The molecule has 3 heterocycles. The van der Waals surface area contributed by atoms with Crippen molar-refractivity contribution in [3.05, 3.63) is 24.8 Å². The Morgan fingerprint density at radius 2 is 1.90 bits per heavy atom. The van der Waals surface area contributed by atoms with Crippen LogP contribution in [0.5, 0.6) is 0 Å². The third-order valence-corrected chi connectivity index (χ3v) is 7.10. The van der Waals surface area contributed by atoms with E-state index >= 15 is 0 Å². The summed E-state index contributed by atoms with van der Waals surface area (Å²) in [5.41, 5.74) is -2.50. The minimum Gasteiger partial charge on any atom is -0.356 e. The summed E-state index contributed by atoms with van der Waals surface area (Å²) in [4.78, 5) is 41.9. The fraction of sp³-hybridized carbons (Fsp3) is 0.708. The molecule has 4 aliphatic rings. The molecule has 0 radical (unpaired) electrons. The summed E-state index contributed by atoms with van der Waals surface area (Å²) in [6.07, 6.45) is 10.7. The van der Waals surface area contributed by atoms with E-state index in [4.69, 9.17) is 4.74 Å². The number of amides is 3. The van der Waals surface area contributed by atoms with E-state index in [9.17, 15) is 14.4 Å². The highest BCUT2D eigenvalue weighted by atomic mass is 16.5. The molecule has 0 aromatic heterocycles. The van der Waals surface area contributed by atoms with Crippen LogP contribution in [0.1, 0.15) is 59.8 Å². The first-order valence-electron chi connectivity index (χ1n) is 11.5. The second kappa shape index (κ2) is 7.47. The smallest absolute Gasteiger partial charge is 0.246 e. The molecule has 7 nitrogen and oxygen atoms in total. The average Bonchev–Trinajstić information content (AvgIpc) is 3.23. The van der Waals surface area contributed by atoms with Crippen molar-refractivity contribution in [3.8, 4) is 0 Å². The summed E-state index contributed by atoms with van der Waals surface area (Å²) >= 11 is 0. The van der Waals surface area contributed by atoms with Gasteiger partial charge in [-0.2, -0.15) is 0 Å². The molecular weight excluding hydrogens is 394 g/mol. The first-order chi connectivity index (χ1) is 14.5. The van der Waals surface area contributed by atoms with Gasteiger partial charge in [-0.3, -0.25) is 14.4 Å². The van der Waals surface area contributed by atoms with Crippen molar-refractivity contribution >= 4 is 17.7 Å². The lowest BCUT2D eigenvalue weighted by Gasteiger charge is -2.34. The van der Waals surface area contributed by atoms with Crippen molar-refractivity contribution in [2.75, 3.05) is 6.54 Å². The molecule has 5 atom stereocenters. The third-order valence-electron chi connectivity index (χ3n) is 7.10. The van der Waals surface area contributed by atoms with Crippen LogP contribution in [-0.2, 0) is 19.1 Å². The number of ether oxygens (including phenoxy) is 1. The molecule has 7 heteroatoms. The third kappa shape index (κ3) is 3.51.